The van der Waals surface area contributed by atoms with Crippen LogP contribution >= 0.6 is 27.7 Å². The minimum absolute atomic E-state index is 0.0816. The molecule has 0 aromatic heterocycles. The smallest absolute Gasteiger partial charge is 0.274 e. The third-order valence-electron chi connectivity index (χ3n) is 3.66. The largest absolute Gasteiger partial charge is 0.375 e. The van der Waals surface area contributed by atoms with Crippen molar-refractivity contribution >= 4 is 54.3 Å². The second-order valence-corrected chi connectivity index (χ2v) is 9.64. The Bertz CT molecular complexity index is 749. The maximum atomic E-state index is 11.9. The molecule has 0 saturated carbocycles. The van der Waals surface area contributed by atoms with Crippen molar-refractivity contribution in [3.63, 3.8) is 0 Å². The van der Waals surface area contributed by atoms with Crippen molar-refractivity contribution in [2.24, 2.45) is 4.99 Å². The van der Waals surface area contributed by atoms with Gasteiger partial charge in [0.15, 0.2) is 15.0 Å². The third kappa shape index (κ3) is 3.62. The van der Waals surface area contributed by atoms with Gasteiger partial charge in [0, 0.05) is 22.5 Å². The number of benzene rings is 1. The Morgan fingerprint density at radius 2 is 2.09 bits per heavy atom. The lowest BCUT2D eigenvalue weighted by Crippen LogP contribution is -2.37. The zero-order valence-corrected chi connectivity index (χ0v) is 15.5. The quantitative estimate of drug-likeness (QED) is 0.743. The molecule has 1 amide bonds. The number of carbonyl (C=O) groups is 1. The number of nitrogens with zero attached hydrogens (tertiary/aromatic N) is 2. The van der Waals surface area contributed by atoms with E-state index in [2.05, 4.69) is 20.9 Å². The summed E-state index contributed by atoms with van der Waals surface area (Å²) in [5, 5.41) is 0.442. The first-order valence-corrected chi connectivity index (χ1v) is 10.4. The highest BCUT2D eigenvalue weighted by atomic mass is 79.9. The van der Waals surface area contributed by atoms with E-state index < -0.39 is 9.84 Å². The van der Waals surface area contributed by atoms with Gasteiger partial charge in [-0.05, 0) is 24.3 Å². The molecule has 2 heterocycles. The summed E-state index contributed by atoms with van der Waals surface area (Å²) in [7, 11) is -1.61. The summed E-state index contributed by atoms with van der Waals surface area (Å²) in [6.45, 7) is -0.0914. The molecule has 23 heavy (non-hydrogen) atoms. The fourth-order valence-corrected chi connectivity index (χ4v) is 6.93. The lowest BCUT2D eigenvalue weighted by Gasteiger charge is -2.24. The second kappa shape index (κ2) is 6.54. The van der Waals surface area contributed by atoms with E-state index in [-0.39, 0.29) is 35.3 Å². The van der Waals surface area contributed by atoms with Crippen LogP contribution in [-0.4, -0.2) is 56.0 Å². The lowest BCUT2D eigenvalue weighted by molar-refractivity contribution is -0.121. The predicted octanol–water partition coefficient (Wildman–Crippen LogP) is 1.70. The van der Waals surface area contributed by atoms with E-state index in [0.29, 0.717) is 5.17 Å². The Kier molecular flexibility index (Phi) is 4.82. The highest BCUT2D eigenvalue weighted by Gasteiger charge is 2.49. The highest BCUT2D eigenvalue weighted by Crippen LogP contribution is 2.41. The summed E-state index contributed by atoms with van der Waals surface area (Å²) < 4.78 is 29.6. The van der Waals surface area contributed by atoms with Crippen molar-refractivity contribution in [2.75, 3.05) is 30.1 Å². The summed E-state index contributed by atoms with van der Waals surface area (Å²) in [4.78, 5) is 17.8. The van der Waals surface area contributed by atoms with E-state index in [1.807, 2.05) is 29.2 Å². The van der Waals surface area contributed by atoms with Crippen LogP contribution in [0, 0.1) is 0 Å². The molecule has 0 spiro atoms. The monoisotopic (exact) mass is 418 g/mol. The molecule has 1 aromatic rings. The van der Waals surface area contributed by atoms with Crippen LogP contribution in [-0.2, 0) is 19.4 Å². The van der Waals surface area contributed by atoms with Crippen molar-refractivity contribution in [2.45, 2.75) is 11.3 Å². The van der Waals surface area contributed by atoms with Crippen molar-refractivity contribution < 1.29 is 17.9 Å². The van der Waals surface area contributed by atoms with Gasteiger partial charge < -0.3 is 9.64 Å². The molecule has 0 unspecified atom stereocenters. The molecule has 124 valence electrons. The van der Waals surface area contributed by atoms with Crippen LogP contribution in [0.1, 0.15) is 0 Å². The number of amidine groups is 1. The van der Waals surface area contributed by atoms with E-state index in [0.717, 1.165) is 10.2 Å². The number of rotatable bonds is 3. The van der Waals surface area contributed by atoms with Gasteiger partial charge in [0.25, 0.3) is 5.91 Å². The van der Waals surface area contributed by atoms with Gasteiger partial charge in [0.05, 0.1) is 17.5 Å². The highest BCUT2D eigenvalue weighted by molar-refractivity contribution is 9.10. The zero-order chi connectivity index (χ0) is 16.6. The van der Waals surface area contributed by atoms with Gasteiger partial charge in [-0.2, -0.15) is 4.99 Å². The van der Waals surface area contributed by atoms with E-state index in [1.165, 1.54) is 18.9 Å². The minimum atomic E-state index is -3.05. The molecule has 1 aromatic carbocycles. The molecular formula is C14H15BrN2O4S2. The van der Waals surface area contributed by atoms with Gasteiger partial charge in [0.1, 0.15) is 6.61 Å². The average Bonchev–Trinajstić information content (AvgIpc) is 2.91. The maximum absolute atomic E-state index is 11.9. The van der Waals surface area contributed by atoms with Gasteiger partial charge >= 0.3 is 0 Å². The molecule has 2 aliphatic rings. The summed E-state index contributed by atoms with van der Waals surface area (Å²) in [5.74, 6) is -0.176. The molecule has 2 aliphatic heterocycles. The van der Waals surface area contributed by atoms with Crippen LogP contribution < -0.4 is 4.90 Å². The number of methoxy groups -OCH3 is 1. The van der Waals surface area contributed by atoms with E-state index in [1.54, 1.807) is 0 Å². The number of halogens is 1. The molecular weight excluding hydrogens is 404 g/mol. The predicted molar refractivity (Wildman–Crippen MR) is 94.8 cm³/mol. The van der Waals surface area contributed by atoms with Crippen molar-refractivity contribution in [1.29, 1.82) is 0 Å². The lowest BCUT2D eigenvalue weighted by atomic mass is 10.2. The number of aliphatic imine (C=N–C) groups is 1. The standard InChI is InChI=1S/C14H15BrN2O4S2/c1-21-6-13(18)16-14-17(10-4-2-9(15)3-5-10)11-7-23(19,20)8-12(11)22-14/h2-5,11-12H,6-8H2,1H3/t11-,12-/m0/s1. The van der Waals surface area contributed by atoms with Gasteiger partial charge in [-0.15, -0.1) is 0 Å². The topological polar surface area (TPSA) is 76.0 Å². The Morgan fingerprint density at radius 1 is 1.39 bits per heavy atom. The average molecular weight is 419 g/mol. The van der Waals surface area contributed by atoms with Crippen molar-refractivity contribution in [3.8, 4) is 0 Å². The fraction of sp³-hybridized carbons (Fsp3) is 0.429. The normalized spacial score (nSPS) is 27.4. The Labute approximate surface area is 147 Å². The molecule has 6 nitrogen and oxygen atoms in total. The van der Waals surface area contributed by atoms with E-state index >= 15 is 0 Å². The number of carbonyl (C=O) groups excluding carboxylic acids is 1. The van der Waals surface area contributed by atoms with Gasteiger partial charge in [-0.1, -0.05) is 27.7 Å². The molecule has 2 saturated heterocycles. The van der Waals surface area contributed by atoms with Crippen molar-refractivity contribution in [1.82, 2.24) is 0 Å². The second-order valence-electron chi connectivity index (χ2n) is 5.37. The summed E-state index contributed by atoms with van der Waals surface area (Å²) in [5.41, 5.74) is 0.828. The Balaban J connectivity index is 1.97. The fourth-order valence-electron chi connectivity index (χ4n) is 2.73. The third-order valence-corrected chi connectivity index (χ3v) is 7.40. The van der Waals surface area contributed by atoms with Crippen LogP contribution in [0.25, 0.3) is 0 Å². The van der Waals surface area contributed by atoms with E-state index in [4.69, 9.17) is 4.74 Å². The summed E-state index contributed by atoms with van der Waals surface area (Å²) >= 11 is 4.74. The summed E-state index contributed by atoms with van der Waals surface area (Å²) in [6.07, 6.45) is 0. The molecule has 0 N–H and O–H groups in total. The number of hydrogen-bond acceptors (Lipinski definition) is 5. The molecule has 2 fully saturated rings. The first-order valence-electron chi connectivity index (χ1n) is 6.92. The zero-order valence-electron chi connectivity index (χ0n) is 12.3. The van der Waals surface area contributed by atoms with Gasteiger partial charge in [-0.3, -0.25) is 4.79 Å². The first kappa shape index (κ1) is 16.9. The molecule has 2 atom stereocenters. The van der Waals surface area contributed by atoms with Crippen molar-refractivity contribution in [3.05, 3.63) is 28.7 Å². The number of thioether (sulfide) groups is 1. The number of hydrogen-bond donors (Lipinski definition) is 0. The Hall–Kier alpha value is -0.900. The number of anilines is 1. The minimum Gasteiger partial charge on any atom is -0.375 e. The van der Waals surface area contributed by atoms with Crippen LogP contribution in [0.15, 0.2) is 33.7 Å². The molecule has 0 bridgehead atoms. The molecule has 0 radical (unpaired) electrons. The number of ether oxygens (including phenoxy) is 1. The Morgan fingerprint density at radius 3 is 2.74 bits per heavy atom. The van der Waals surface area contributed by atoms with Crippen LogP contribution in [0.2, 0.25) is 0 Å². The molecule has 0 aliphatic carbocycles. The SMILES string of the molecule is COCC(=O)N=C1S[C@H]2CS(=O)(=O)C[C@@H]2N1c1ccc(Br)cc1. The molecule has 3 rings (SSSR count). The van der Waals surface area contributed by atoms with Gasteiger partial charge in [-0.25, -0.2) is 8.42 Å². The van der Waals surface area contributed by atoms with Crippen LogP contribution in [0.4, 0.5) is 5.69 Å². The number of amides is 1. The first-order chi connectivity index (χ1) is 10.9. The van der Waals surface area contributed by atoms with Crippen LogP contribution in [0.5, 0.6) is 0 Å². The van der Waals surface area contributed by atoms with Gasteiger partial charge in [0.2, 0.25) is 0 Å². The number of fused-ring (bicyclic) bond motifs is 1. The van der Waals surface area contributed by atoms with Crippen LogP contribution in [0.3, 0.4) is 0 Å². The van der Waals surface area contributed by atoms with E-state index in [9.17, 15) is 13.2 Å². The summed E-state index contributed by atoms with van der Waals surface area (Å²) in [6, 6.07) is 7.33. The number of sulfone groups is 1. The maximum Gasteiger partial charge on any atom is 0.274 e. The molecule has 9 heteroatoms.